The second-order valence-corrected chi connectivity index (χ2v) is 5.98. The van der Waals surface area contributed by atoms with Crippen LogP contribution in [0.4, 0.5) is 4.39 Å². The van der Waals surface area contributed by atoms with Crippen LogP contribution in [-0.4, -0.2) is 5.78 Å². The second kappa shape index (κ2) is 5.88. The van der Waals surface area contributed by atoms with E-state index in [1.54, 1.807) is 12.1 Å². The van der Waals surface area contributed by atoms with Gasteiger partial charge < -0.3 is 0 Å². The fourth-order valence-electron chi connectivity index (χ4n) is 2.54. The molecule has 0 aromatic heterocycles. The molecule has 0 fully saturated rings. The third-order valence-electron chi connectivity index (χ3n) is 3.30. The Morgan fingerprint density at radius 1 is 1.10 bits per heavy atom. The third kappa shape index (κ3) is 3.15. The zero-order valence-electron chi connectivity index (χ0n) is 11.8. The van der Waals surface area contributed by atoms with Gasteiger partial charge in [-0.1, -0.05) is 23.8 Å². The van der Waals surface area contributed by atoms with Gasteiger partial charge in [-0.15, -0.1) is 0 Å². The van der Waals surface area contributed by atoms with Gasteiger partial charge in [0.25, 0.3) is 0 Å². The molecule has 0 atom stereocenters. The molecule has 0 saturated carbocycles. The number of benzene rings is 2. The van der Waals surface area contributed by atoms with Gasteiger partial charge in [0, 0.05) is 12.0 Å². The van der Waals surface area contributed by atoms with Crippen LogP contribution in [0.2, 0.25) is 0 Å². The van der Waals surface area contributed by atoms with Crippen LogP contribution in [0.15, 0.2) is 34.8 Å². The molecule has 0 bridgehead atoms. The average Bonchev–Trinajstić information content (AvgIpc) is 2.32. The van der Waals surface area contributed by atoms with Crippen molar-refractivity contribution in [3.05, 3.63) is 68.4 Å². The summed E-state index contributed by atoms with van der Waals surface area (Å²) in [4.78, 5) is 12.5. The molecule has 3 heteroatoms. The Labute approximate surface area is 127 Å². The van der Waals surface area contributed by atoms with Crippen molar-refractivity contribution in [2.75, 3.05) is 0 Å². The summed E-state index contributed by atoms with van der Waals surface area (Å²) in [5, 5.41) is 0. The van der Waals surface area contributed by atoms with Crippen molar-refractivity contribution in [1.29, 1.82) is 0 Å². The molecule has 0 N–H and O–H groups in total. The number of ketones is 1. The molecular formula is C17H16BrFO. The average molecular weight is 335 g/mol. The molecule has 0 saturated heterocycles. The lowest BCUT2D eigenvalue weighted by molar-refractivity contribution is 0.0992. The minimum atomic E-state index is -0.316. The quantitative estimate of drug-likeness (QED) is 0.726. The SMILES string of the molecule is Cc1cc(C)c(C(=O)Cc2ccc(F)c(Br)c2)c(C)c1. The summed E-state index contributed by atoms with van der Waals surface area (Å²) in [5.74, 6) is -0.248. The molecular weight excluding hydrogens is 319 g/mol. The highest BCUT2D eigenvalue weighted by molar-refractivity contribution is 9.10. The van der Waals surface area contributed by atoms with Gasteiger partial charge in [-0.2, -0.15) is 0 Å². The van der Waals surface area contributed by atoms with E-state index >= 15 is 0 Å². The van der Waals surface area contributed by atoms with Gasteiger partial charge in [-0.3, -0.25) is 4.79 Å². The molecule has 1 nitrogen and oxygen atoms in total. The summed E-state index contributed by atoms with van der Waals surface area (Å²) < 4.78 is 13.6. The predicted octanol–water partition coefficient (Wildman–Crippen LogP) is 4.94. The number of carbonyl (C=O) groups is 1. The maximum Gasteiger partial charge on any atom is 0.167 e. The summed E-state index contributed by atoms with van der Waals surface area (Å²) in [5.41, 5.74) is 4.72. The monoisotopic (exact) mass is 334 g/mol. The van der Waals surface area contributed by atoms with E-state index in [2.05, 4.69) is 15.9 Å². The van der Waals surface area contributed by atoms with Crippen molar-refractivity contribution in [3.8, 4) is 0 Å². The number of rotatable bonds is 3. The van der Waals surface area contributed by atoms with Gasteiger partial charge in [0.05, 0.1) is 4.47 Å². The van der Waals surface area contributed by atoms with Crippen molar-refractivity contribution in [3.63, 3.8) is 0 Å². The molecule has 0 heterocycles. The Kier molecular flexibility index (Phi) is 4.39. The Balaban J connectivity index is 2.31. The van der Waals surface area contributed by atoms with Crippen LogP contribution in [0.25, 0.3) is 0 Å². The van der Waals surface area contributed by atoms with Gasteiger partial charge in [0.15, 0.2) is 5.78 Å². The van der Waals surface area contributed by atoms with Crippen LogP contribution >= 0.6 is 15.9 Å². The van der Waals surface area contributed by atoms with Crippen molar-refractivity contribution >= 4 is 21.7 Å². The topological polar surface area (TPSA) is 17.1 Å². The predicted molar refractivity (Wildman–Crippen MR) is 82.8 cm³/mol. The van der Waals surface area contributed by atoms with Gasteiger partial charge in [-0.25, -0.2) is 4.39 Å². The highest BCUT2D eigenvalue weighted by Crippen LogP contribution is 2.21. The highest BCUT2D eigenvalue weighted by Gasteiger charge is 2.14. The molecule has 0 aliphatic carbocycles. The van der Waals surface area contributed by atoms with E-state index in [0.717, 1.165) is 27.8 Å². The number of Topliss-reactive ketones (excluding diaryl/α,β-unsaturated/α-hetero) is 1. The number of carbonyl (C=O) groups excluding carboxylic acids is 1. The van der Waals surface area contributed by atoms with E-state index in [4.69, 9.17) is 0 Å². The Morgan fingerprint density at radius 3 is 2.25 bits per heavy atom. The summed E-state index contributed by atoms with van der Waals surface area (Å²) in [6, 6.07) is 8.71. The smallest absolute Gasteiger partial charge is 0.167 e. The maximum atomic E-state index is 13.2. The third-order valence-corrected chi connectivity index (χ3v) is 3.91. The first-order valence-corrected chi connectivity index (χ1v) is 7.22. The molecule has 2 aromatic rings. The first kappa shape index (κ1) is 14.9. The zero-order valence-corrected chi connectivity index (χ0v) is 13.3. The summed E-state index contributed by atoms with van der Waals surface area (Å²) in [7, 11) is 0. The lowest BCUT2D eigenvalue weighted by Crippen LogP contribution is -2.08. The Morgan fingerprint density at radius 2 is 1.70 bits per heavy atom. The zero-order chi connectivity index (χ0) is 14.9. The van der Waals surface area contributed by atoms with E-state index in [-0.39, 0.29) is 18.0 Å². The van der Waals surface area contributed by atoms with Gasteiger partial charge in [0.2, 0.25) is 0 Å². The maximum absolute atomic E-state index is 13.2. The number of aryl methyl sites for hydroxylation is 3. The molecule has 2 aromatic carbocycles. The first-order valence-electron chi connectivity index (χ1n) is 6.43. The summed E-state index contributed by atoms with van der Waals surface area (Å²) in [6.07, 6.45) is 0.281. The second-order valence-electron chi connectivity index (χ2n) is 5.12. The van der Waals surface area contributed by atoms with Crippen LogP contribution in [0.5, 0.6) is 0 Å². The molecule has 0 aliphatic heterocycles. The molecule has 0 spiro atoms. The first-order chi connectivity index (χ1) is 9.38. The Bertz CT molecular complexity index is 654. The van der Waals surface area contributed by atoms with E-state index in [0.29, 0.717) is 4.47 Å². The van der Waals surface area contributed by atoms with Gasteiger partial charge >= 0.3 is 0 Å². The lowest BCUT2D eigenvalue weighted by atomic mass is 9.93. The van der Waals surface area contributed by atoms with Crippen LogP contribution in [-0.2, 0) is 6.42 Å². The molecule has 104 valence electrons. The van der Waals surface area contributed by atoms with Crippen LogP contribution in [0.1, 0.15) is 32.6 Å². The van der Waals surface area contributed by atoms with E-state index < -0.39 is 0 Å². The fourth-order valence-corrected chi connectivity index (χ4v) is 2.97. The van der Waals surface area contributed by atoms with Crippen LogP contribution < -0.4 is 0 Å². The normalized spacial score (nSPS) is 10.7. The number of halogens is 2. The van der Waals surface area contributed by atoms with Gasteiger partial charge in [-0.05, 0) is 65.5 Å². The van der Waals surface area contributed by atoms with E-state index in [1.807, 2.05) is 32.9 Å². The van der Waals surface area contributed by atoms with E-state index in [1.165, 1.54) is 6.07 Å². The highest BCUT2D eigenvalue weighted by atomic mass is 79.9. The molecule has 0 amide bonds. The number of hydrogen-bond acceptors (Lipinski definition) is 1. The molecule has 2 rings (SSSR count). The molecule has 0 radical (unpaired) electrons. The van der Waals surface area contributed by atoms with Crippen LogP contribution in [0, 0.1) is 26.6 Å². The largest absolute Gasteiger partial charge is 0.294 e. The van der Waals surface area contributed by atoms with Gasteiger partial charge in [0.1, 0.15) is 5.82 Å². The van der Waals surface area contributed by atoms with Crippen molar-refractivity contribution < 1.29 is 9.18 Å². The van der Waals surface area contributed by atoms with E-state index in [9.17, 15) is 9.18 Å². The van der Waals surface area contributed by atoms with Crippen molar-refractivity contribution in [2.45, 2.75) is 27.2 Å². The van der Waals surface area contributed by atoms with Crippen LogP contribution in [0.3, 0.4) is 0 Å². The minimum absolute atomic E-state index is 0.0681. The Hall–Kier alpha value is -1.48. The molecule has 0 unspecified atom stereocenters. The minimum Gasteiger partial charge on any atom is -0.294 e. The van der Waals surface area contributed by atoms with Crippen molar-refractivity contribution in [1.82, 2.24) is 0 Å². The molecule has 20 heavy (non-hydrogen) atoms. The summed E-state index contributed by atoms with van der Waals surface area (Å²) in [6.45, 7) is 5.92. The molecule has 0 aliphatic rings. The summed E-state index contributed by atoms with van der Waals surface area (Å²) >= 11 is 3.14. The fraction of sp³-hybridized carbons (Fsp3) is 0.235. The number of hydrogen-bond donors (Lipinski definition) is 0. The lowest BCUT2D eigenvalue weighted by Gasteiger charge is -2.10. The van der Waals surface area contributed by atoms with Crippen molar-refractivity contribution in [2.24, 2.45) is 0 Å². The standard InChI is InChI=1S/C17H16BrFO/c1-10-6-11(2)17(12(3)7-10)16(20)9-13-4-5-15(19)14(18)8-13/h4-8H,9H2,1-3H3.